The van der Waals surface area contributed by atoms with Gasteiger partial charge in [0, 0.05) is 12.1 Å². The van der Waals surface area contributed by atoms with Crippen LogP contribution >= 0.6 is 0 Å². The summed E-state index contributed by atoms with van der Waals surface area (Å²) in [6, 6.07) is 2.30. The Morgan fingerprint density at radius 2 is 1.71 bits per heavy atom. The number of methoxy groups -OCH3 is 2. The minimum absolute atomic E-state index is 0.0192. The van der Waals surface area contributed by atoms with Crippen molar-refractivity contribution in [2.75, 3.05) is 21.1 Å². The van der Waals surface area contributed by atoms with Crippen LogP contribution in [0.5, 0.6) is 17.2 Å². The zero-order valence-electron chi connectivity index (χ0n) is 7.84. The van der Waals surface area contributed by atoms with Crippen LogP contribution in [0, 0.1) is 5.82 Å². The van der Waals surface area contributed by atoms with Crippen LogP contribution in [-0.2, 0) is 0 Å². The molecule has 0 saturated carbocycles. The second-order valence-corrected chi connectivity index (χ2v) is 2.39. The second kappa shape index (κ2) is 4.64. The van der Waals surface area contributed by atoms with E-state index in [0.717, 1.165) is 6.07 Å². The highest BCUT2D eigenvalue weighted by Crippen LogP contribution is 2.33. The van der Waals surface area contributed by atoms with Gasteiger partial charge in [-0.3, -0.25) is 0 Å². The molecule has 0 atom stereocenters. The van der Waals surface area contributed by atoms with Gasteiger partial charge in [-0.25, -0.2) is 8.78 Å². The number of benzene rings is 1. The van der Waals surface area contributed by atoms with Gasteiger partial charge in [0.25, 0.3) is 0 Å². The first kappa shape index (κ1) is 10.6. The number of hydrogen-bond donors (Lipinski definition) is 0. The Hall–Kier alpha value is -1.52. The van der Waals surface area contributed by atoms with Crippen LogP contribution in [0.4, 0.5) is 8.78 Å². The lowest BCUT2D eigenvalue weighted by Crippen LogP contribution is -1.97. The molecule has 0 saturated heterocycles. The molecular formula is C9H10F2O3. The summed E-state index contributed by atoms with van der Waals surface area (Å²) in [5.74, 6) is -0.376. The van der Waals surface area contributed by atoms with Crippen molar-refractivity contribution in [2.24, 2.45) is 0 Å². The Morgan fingerprint density at radius 3 is 2.21 bits per heavy atom. The van der Waals surface area contributed by atoms with Crippen LogP contribution in [-0.4, -0.2) is 21.1 Å². The van der Waals surface area contributed by atoms with Crippen molar-refractivity contribution in [2.45, 2.75) is 0 Å². The third-order valence-corrected chi connectivity index (χ3v) is 1.65. The zero-order valence-corrected chi connectivity index (χ0v) is 7.84. The van der Waals surface area contributed by atoms with Gasteiger partial charge in [-0.2, -0.15) is 0 Å². The van der Waals surface area contributed by atoms with E-state index < -0.39 is 12.7 Å². The van der Waals surface area contributed by atoms with Crippen molar-refractivity contribution in [3.63, 3.8) is 0 Å². The van der Waals surface area contributed by atoms with Crippen LogP contribution in [0.25, 0.3) is 0 Å². The molecule has 0 N–H and O–H groups in total. The monoisotopic (exact) mass is 204 g/mol. The zero-order chi connectivity index (χ0) is 10.6. The minimum atomic E-state index is -1.01. The number of halogens is 2. The lowest BCUT2D eigenvalue weighted by atomic mass is 10.3. The molecule has 78 valence electrons. The normalized spacial score (nSPS) is 9.71. The first-order chi connectivity index (χ1) is 6.72. The van der Waals surface area contributed by atoms with Crippen molar-refractivity contribution in [1.82, 2.24) is 0 Å². The van der Waals surface area contributed by atoms with Gasteiger partial charge in [0.2, 0.25) is 6.86 Å². The quantitative estimate of drug-likeness (QED) is 0.752. The molecular weight excluding hydrogens is 194 g/mol. The fraction of sp³-hybridized carbons (Fsp3) is 0.333. The largest absolute Gasteiger partial charge is 0.494 e. The fourth-order valence-electron chi connectivity index (χ4n) is 1.00. The molecule has 0 spiro atoms. The van der Waals surface area contributed by atoms with Gasteiger partial charge in [-0.15, -0.1) is 0 Å². The predicted octanol–water partition coefficient (Wildman–Crippen LogP) is 2.15. The number of alkyl halides is 1. The van der Waals surface area contributed by atoms with Crippen molar-refractivity contribution in [3.8, 4) is 17.2 Å². The smallest absolute Gasteiger partial charge is 0.228 e. The van der Waals surface area contributed by atoms with Gasteiger partial charge in [-0.1, -0.05) is 0 Å². The Balaban J connectivity index is 3.11. The van der Waals surface area contributed by atoms with Gasteiger partial charge < -0.3 is 14.2 Å². The molecule has 1 aromatic carbocycles. The molecule has 0 aromatic heterocycles. The standard InChI is InChI=1S/C9H10F2O3/c1-12-7-4-9(14-5-10)8(13-2)3-6(7)11/h3-4H,5H2,1-2H3. The van der Waals surface area contributed by atoms with Gasteiger partial charge >= 0.3 is 0 Å². The van der Waals surface area contributed by atoms with E-state index in [1.807, 2.05) is 0 Å². The second-order valence-electron chi connectivity index (χ2n) is 2.39. The Labute approximate surface area is 80.2 Å². The van der Waals surface area contributed by atoms with E-state index in [4.69, 9.17) is 9.47 Å². The van der Waals surface area contributed by atoms with E-state index in [-0.39, 0.29) is 17.2 Å². The van der Waals surface area contributed by atoms with Crippen molar-refractivity contribution >= 4 is 0 Å². The van der Waals surface area contributed by atoms with Gasteiger partial charge in [0.1, 0.15) is 0 Å². The van der Waals surface area contributed by atoms with E-state index >= 15 is 0 Å². The summed E-state index contributed by atoms with van der Waals surface area (Å²) in [7, 11) is 2.65. The molecule has 1 aromatic rings. The van der Waals surface area contributed by atoms with Crippen molar-refractivity contribution in [3.05, 3.63) is 17.9 Å². The lowest BCUT2D eigenvalue weighted by molar-refractivity contribution is 0.183. The summed E-state index contributed by atoms with van der Waals surface area (Å²) in [5.41, 5.74) is 0. The first-order valence-corrected chi connectivity index (χ1v) is 3.83. The van der Waals surface area contributed by atoms with Gasteiger partial charge in [0.05, 0.1) is 14.2 Å². The number of rotatable bonds is 4. The highest BCUT2D eigenvalue weighted by atomic mass is 19.1. The fourth-order valence-corrected chi connectivity index (χ4v) is 1.00. The van der Waals surface area contributed by atoms with Crippen molar-refractivity contribution < 1.29 is 23.0 Å². The summed E-state index contributed by atoms with van der Waals surface area (Å²) in [6.45, 7) is -1.01. The molecule has 0 amide bonds. The lowest BCUT2D eigenvalue weighted by Gasteiger charge is -2.10. The summed E-state index contributed by atoms with van der Waals surface area (Å²) < 4.78 is 39.1. The van der Waals surface area contributed by atoms with E-state index in [1.165, 1.54) is 20.3 Å². The Morgan fingerprint density at radius 1 is 1.07 bits per heavy atom. The topological polar surface area (TPSA) is 27.7 Å². The van der Waals surface area contributed by atoms with E-state index in [1.54, 1.807) is 0 Å². The summed E-state index contributed by atoms with van der Waals surface area (Å²) in [5, 5.41) is 0. The SMILES string of the molecule is COc1cc(OCF)c(OC)cc1F. The Kier molecular flexibility index (Phi) is 3.50. The van der Waals surface area contributed by atoms with Gasteiger partial charge in [0.15, 0.2) is 23.1 Å². The maximum atomic E-state index is 13.1. The van der Waals surface area contributed by atoms with Crippen LogP contribution in [0.3, 0.4) is 0 Å². The highest BCUT2D eigenvalue weighted by Gasteiger charge is 2.11. The van der Waals surface area contributed by atoms with Crippen molar-refractivity contribution in [1.29, 1.82) is 0 Å². The third kappa shape index (κ3) is 2.04. The summed E-state index contributed by atoms with van der Waals surface area (Å²) in [4.78, 5) is 0. The van der Waals surface area contributed by atoms with Gasteiger partial charge in [-0.05, 0) is 0 Å². The molecule has 0 aliphatic rings. The van der Waals surface area contributed by atoms with E-state index in [2.05, 4.69) is 4.74 Å². The van der Waals surface area contributed by atoms with E-state index in [9.17, 15) is 8.78 Å². The minimum Gasteiger partial charge on any atom is -0.494 e. The molecule has 1 rings (SSSR count). The van der Waals surface area contributed by atoms with Crippen LogP contribution in [0.1, 0.15) is 0 Å². The molecule has 0 aliphatic heterocycles. The van der Waals surface area contributed by atoms with Crippen LogP contribution in [0.2, 0.25) is 0 Å². The predicted molar refractivity (Wildman–Crippen MR) is 46.1 cm³/mol. The first-order valence-electron chi connectivity index (χ1n) is 3.83. The molecule has 0 heterocycles. The molecule has 14 heavy (non-hydrogen) atoms. The third-order valence-electron chi connectivity index (χ3n) is 1.65. The van der Waals surface area contributed by atoms with Crippen LogP contribution < -0.4 is 14.2 Å². The average Bonchev–Trinajstić information content (AvgIpc) is 2.20. The molecule has 0 aliphatic carbocycles. The molecule has 0 fully saturated rings. The molecule has 0 bridgehead atoms. The number of hydrogen-bond acceptors (Lipinski definition) is 3. The summed E-state index contributed by atoms with van der Waals surface area (Å²) in [6.07, 6.45) is 0. The maximum Gasteiger partial charge on any atom is 0.228 e. The molecule has 0 unspecified atom stereocenters. The molecule has 3 nitrogen and oxygen atoms in total. The van der Waals surface area contributed by atoms with Crippen LogP contribution in [0.15, 0.2) is 12.1 Å². The van der Waals surface area contributed by atoms with E-state index in [0.29, 0.717) is 0 Å². The maximum absolute atomic E-state index is 13.1. The summed E-state index contributed by atoms with van der Waals surface area (Å²) >= 11 is 0. The molecule has 5 heteroatoms. The average molecular weight is 204 g/mol. The number of ether oxygens (including phenoxy) is 3. The Bertz CT molecular complexity index is 315. The molecule has 0 radical (unpaired) electrons. The highest BCUT2D eigenvalue weighted by molar-refractivity contribution is 5.46.